The molecule has 1 atom stereocenters. The molecule has 0 spiro atoms. The zero-order valence-electron chi connectivity index (χ0n) is 37.0. The Morgan fingerprint density at radius 3 is 1.47 bits per heavy atom. The van der Waals surface area contributed by atoms with Crippen LogP contribution in [-0.2, 0) is 38.4 Å². The van der Waals surface area contributed by atoms with E-state index in [4.69, 9.17) is 29.1 Å². The largest absolute Gasteiger partial charge is 0.508 e. The molecule has 0 bridgehead atoms. The molecule has 0 rings (SSSR count). The van der Waals surface area contributed by atoms with E-state index >= 15 is 0 Å². The van der Waals surface area contributed by atoms with Crippen LogP contribution in [0.5, 0.6) is 0 Å². The summed E-state index contributed by atoms with van der Waals surface area (Å²) in [5, 5.41) is 8.67. The van der Waals surface area contributed by atoms with Crippen LogP contribution < -0.4 is 0 Å². The van der Waals surface area contributed by atoms with Crippen molar-refractivity contribution < 1.29 is 48.3 Å². The summed E-state index contributed by atoms with van der Waals surface area (Å²) in [6.45, 7) is 10.3. The second kappa shape index (κ2) is 43.2. The molecule has 57 heavy (non-hydrogen) atoms. The van der Waals surface area contributed by atoms with Gasteiger partial charge in [0.25, 0.3) is 0 Å². The lowest BCUT2D eigenvalue weighted by atomic mass is 10.0. The summed E-state index contributed by atoms with van der Waals surface area (Å²) in [5.74, 6) is -1.11. The van der Waals surface area contributed by atoms with Crippen molar-refractivity contribution >= 4 is 24.1 Å². The normalized spacial score (nSPS) is 11.8. The van der Waals surface area contributed by atoms with Crippen LogP contribution in [0, 0.1) is 0 Å². The maximum Gasteiger partial charge on any atom is 0.508 e. The lowest BCUT2D eigenvalue weighted by molar-refractivity contribution is -0.273. The van der Waals surface area contributed by atoms with Gasteiger partial charge in [0.1, 0.15) is 6.10 Å². The maximum atomic E-state index is 12.5. The number of carboxylic acids is 1. The van der Waals surface area contributed by atoms with Crippen LogP contribution in [-0.4, -0.2) is 79.6 Å². The molecule has 0 aromatic carbocycles. The number of nitrogens with zero attached hydrogens (tertiary/aromatic N) is 1. The Kier molecular flexibility index (Phi) is 41.4. The van der Waals surface area contributed by atoms with Crippen molar-refractivity contribution in [2.75, 3.05) is 39.5 Å². The van der Waals surface area contributed by atoms with E-state index in [0.717, 1.165) is 116 Å². The quantitative estimate of drug-likeness (QED) is 0.0272. The highest BCUT2D eigenvalue weighted by Crippen LogP contribution is 2.17. The Balaban J connectivity index is 4.07. The molecule has 0 aliphatic rings. The predicted molar refractivity (Wildman–Crippen MR) is 228 cm³/mol. The number of esters is 1. The fraction of sp³-hybridized carbons (Fsp3) is 0.913. The lowest BCUT2D eigenvalue weighted by Gasteiger charge is -2.19. The van der Waals surface area contributed by atoms with E-state index in [1.165, 1.54) is 77.0 Å². The lowest BCUT2D eigenvalue weighted by Crippen LogP contribution is -2.26. The van der Waals surface area contributed by atoms with Crippen molar-refractivity contribution in [3.05, 3.63) is 0 Å². The van der Waals surface area contributed by atoms with Crippen LogP contribution in [0.4, 0.5) is 4.79 Å². The Bertz CT molecular complexity index is 929. The van der Waals surface area contributed by atoms with Crippen LogP contribution in [0.1, 0.15) is 226 Å². The van der Waals surface area contributed by atoms with Crippen molar-refractivity contribution in [3.8, 4) is 0 Å². The fourth-order valence-corrected chi connectivity index (χ4v) is 6.91. The molecule has 0 saturated heterocycles. The molecule has 0 amide bonds. The fourth-order valence-electron chi connectivity index (χ4n) is 6.91. The molecule has 0 saturated carbocycles. The summed E-state index contributed by atoms with van der Waals surface area (Å²) >= 11 is 0. The number of carbonyl (C=O) groups excluding carboxylic acids is 3. The van der Waals surface area contributed by atoms with Gasteiger partial charge in [-0.3, -0.25) is 14.5 Å². The minimum absolute atomic E-state index is 0.0858. The van der Waals surface area contributed by atoms with E-state index in [-0.39, 0.29) is 24.6 Å². The number of carboxylic acid groups (broad SMARTS) is 1. The van der Waals surface area contributed by atoms with Crippen LogP contribution in [0.3, 0.4) is 0 Å². The highest BCUT2D eigenvalue weighted by molar-refractivity contribution is 5.69. The predicted octanol–water partition coefficient (Wildman–Crippen LogP) is 12.5. The number of aliphatic carboxylic acids is 1. The Hall–Kier alpha value is -2.40. The molecule has 11 nitrogen and oxygen atoms in total. The summed E-state index contributed by atoms with van der Waals surface area (Å²) in [4.78, 5) is 59.6. The van der Waals surface area contributed by atoms with E-state index in [1.807, 2.05) is 0 Å². The summed E-state index contributed by atoms with van der Waals surface area (Å²) in [6, 6.07) is 0. The molecule has 0 radical (unpaired) electrons. The van der Waals surface area contributed by atoms with E-state index < -0.39 is 12.1 Å². The van der Waals surface area contributed by atoms with Gasteiger partial charge in [0.2, 0.25) is 0 Å². The van der Waals surface area contributed by atoms with Crippen molar-refractivity contribution in [1.82, 2.24) is 4.90 Å². The van der Waals surface area contributed by atoms with Crippen molar-refractivity contribution in [1.29, 1.82) is 0 Å². The second-order valence-electron chi connectivity index (χ2n) is 15.8. The summed E-state index contributed by atoms with van der Waals surface area (Å²) in [7, 11) is 0. The number of hydrogen-bond donors (Lipinski definition) is 1. The highest BCUT2D eigenvalue weighted by Gasteiger charge is 2.16. The smallest absolute Gasteiger partial charge is 0.481 e. The molecule has 0 fully saturated rings. The van der Waals surface area contributed by atoms with Gasteiger partial charge in [-0.1, -0.05) is 149 Å². The van der Waals surface area contributed by atoms with Crippen LogP contribution in [0.15, 0.2) is 0 Å². The molecule has 0 heterocycles. The average Bonchev–Trinajstić information content (AvgIpc) is 3.19. The third-order valence-corrected chi connectivity index (χ3v) is 10.6. The van der Waals surface area contributed by atoms with Crippen LogP contribution >= 0.6 is 0 Å². The molecule has 0 aromatic heterocycles. The number of unbranched alkanes of at least 4 members (excludes halogenated alkanes) is 22. The van der Waals surface area contributed by atoms with Crippen LogP contribution in [0.2, 0.25) is 0 Å². The van der Waals surface area contributed by atoms with E-state index in [9.17, 15) is 19.2 Å². The zero-order valence-corrected chi connectivity index (χ0v) is 37.0. The Labute approximate surface area is 348 Å². The standard InChI is InChI=1S/C46H87NO10/c1-4-7-8-21-28-36-44(50)53-39-30-25-20-22-26-33-42(56-46(52)54-40-32-38-47(5-2)6-3)34-31-41-55-57-45(51)37-29-24-19-17-15-13-11-9-10-12-14-16-18-23-27-35-43(48)49/h42H,4-41H2,1-3H3,(H,48,49). The number of hydrogen-bond acceptors (Lipinski definition) is 10. The van der Waals surface area contributed by atoms with E-state index in [2.05, 4.69) is 25.7 Å². The molecule has 0 aliphatic heterocycles. The van der Waals surface area contributed by atoms with Crippen molar-refractivity contribution in [3.63, 3.8) is 0 Å². The summed E-state index contributed by atoms with van der Waals surface area (Å²) in [6.07, 6.45) is 30.6. The third kappa shape index (κ3) is 41.6. The molecule has 11 heteroatoms. The second-order valence-corrected chi connectivity index (χ2v) is 15.8. The monoisotopic (exact) mass is 814 g/mol. The SMILES string of the molecule is CCCCCCCC(=O)OCCCCCCCC(CCCOOC(=O)CCCCCCCCCCCCCCCCCC(=O)O)OC(=O)OCCCN(CC)CC. The molecule has 1 unspecified atom stereocenters. The Morgan fingerprint density at radius 1 is 0.474 bits per heavy atom. The molecular formula is C46H87NO10. The van der Waals surface area contributed by atoms with Gasteiger partial charge in [0, 0.05) is 25.8 Å². The highest BCUT2D eigenvalue weighted by atomic mass is 17.2. The van der Waals surface area contributed by atoms with Gasteiger partial charge in [-0.2, -0.15) is 4.89 Å². The van der Waals surface area contributed by atoms with Gasteiger partial charge in [0.05, 0.1) is 19.8 Å². The van der Waals surface area contributed by atoms with E-state index in [1.54, 1.807) is 0 Å². The van der Waals surface area contributed by atoms with Crippen molar-refractivity contribution in [2.45, 2.75) is 232 Å². The summed E-state index contributed by atoms with van der Waals surface area (Å²) in [5.41, 5.74) is 0. The molecule has 0 aliphatic carbocycles. The van der Waals surface area contributed by atoms with Crippen molar-refractivity contribution in [2.24, 2.45) is 0 Å². The van der Waals surface area contributed by atoms with Gasteiger partial charge in [-0.15, -0.1) is 0 Å². The first kappa shape index (κ1) is 54.6. The molecular weight excluding hydrogens is 727 g/mol. The van der Waals surface area contributed by atoms with Gasteiger partial charge in [-0.05, 0) is 70.9 Å². The zero-order chi connectivity index (χ0) is 41.9. The van der Waals surface area contributed by atoms with Gasteiger partial charge in [-0.25, -0.2) is 9.59 Å². The Morgan fingerprint density at radius 2 is 0.930 bits per heavy atom. The summed E-state index contributed by atoms with van der Waals surface area (Å²) < 4.78 is 16.5. The minimum Gasteiger partial charge on any atom is -0.481 e. The average molecular weight is 814 g/mol. The first-order valence-electron chi connectivity index (χ1n) is 23.6. The molecule has 0 aromatic rings. The van der Waals surface area contributed by atoms with Crippen LogP contribution in [0.25, 0.3) is 0 Å². The number of rotatable bonds is 44. The topological polar surface area (TPSA) is 138 Å². The minimum atomic E-state index is -0.688. The van der Waals surface area contributed by atoms with Gasteiger partial charge < -0.3 is 24.2 Å². The van der Waals surface area contributed by atoms with E-state index in [0.29, 0.717) is 45.3 Å². The first-order chi connectivity index (χ1) is 27.8. The first-order valence-corrected chi connectivity index (χ1v) is 23.6. The van der Waals surface area contributed by atoms with Gasteiger partial charge >= 0.3 is 24.1 Å². The number of carbonyl (C=O) groups is 4. The number of ether oxygens (including phenoxy) is 3. The van der Waals surface area contributed by atoms with Gasteiger partial charge in [0.15, 0.2) is 0 Å². The maximum absolute atomic E-state index is 12.5. The molecule has 1 N–H and O–H groups in total. The third-order valence-electron chi connectivity index (χ3n) is 10.6. The molecule has 336 valence electrons.